The second-order valence-corrected chi connectivity index (χ2v) is 4.19. The third kappa shape index (κ3) is 2.59. The minimum Gasteiger partial charge on any atom is -0.368 e. The van der Waals surface area contributed by atoms with Crippen molar-refractivity contribution in [2.75, 3.05) is 0 Å². The highest BCUT2D eigenvalue weighted by atomic mass is 79.9. The number of primary amides is 1. The summed E-state index contributed by atoms with van der Waals surface area (Å²) < 4.78 is 0.828. The Kier molecular flexibility index (Phi) is 3.59. The SMILES string of the molecule is NC(=O)C(Cl)c1ccc(Br)cc1Cl. The van der Waals surface area contributed by atoms with Gasteiger partial charge in [-0.05, 0) is 17.7 Å². The van der Waals surface area contributed by atoms with E-state index in [2.05, 4.69) is 15.9 Å². The van der Waals surface area contributed by atoms with Crippen molar-refractivity contribution in [3.63, 3.8) is 0 Å². The van der Waals surface area contributed by atoms with Crippen LogP contribution >= 0.6 is 39.1 Å². The lowest BCUT2D eigenvalue weighted by Crippen LogP contribution is -2.17. The number of carbonyl (C=O) groups is 1. The molecule has 1 rings (SSSR count). The first-order valence-corrected chi connectivity index (χ1v) is 5.01. The quantitative estimate of drug-likeness (QED) is 0.833. The Hall–Kier alpha value is -0.250. The average Bonchev–Trinajstić information content (AvgIpc) is 2.03. The molecule has 0 heterocycles. The number of hydrogen-bond acceptors (Lipinski definition) is 1. The van der Waals surface area contributed by atoms with Crippen LogP contribution in [0, 0.1) is 0 Å². The van der Waals surface area contributed by atoms with Gasteiger partial charge in [-0.25, -0.2) is 0 Å². The zero-order chi connectivity index (χ0) is 10.0. The molecule has 0 spiro atoms. The highest BCUT2D eigenvalue weighted by Crippen LogP contribution is 2.29. The van der Waals surface area contributed by atoms with E-state index in [1.54, 1.807) is 18.2 Å². The lowest BCUT2D eigenvalue weighted by molar-refractivity contribution is -0.117. The molecule has 1 unspecified atom stereocenters. The van der Waals surface area contributed by atoms with Crippen LogP contribution in [0.25, 0.3) is 0 Å². The molecule has 0 aliphatic heterocycles. The fraction of sp³-hybridized carbons (Fsp3) is 0.125. The summed E-state index contributed by atoms with van der Waals surface area (Å²) in [6.45, 7) is 0. The maximum Gasteiger partial charge on any atom is 0.240 e. The van der Waals surface area contributed by atoms with E-state index < -0.39 is 11.3 Å². The van der Waals surface area contributed by atoms with Gasteiger partial charge in [-0.15, -0.1) is 11.6 Å². The fourth-order valence-corrected chi connectivity index (χ4v) is 1.89. The smallest absolute Gasteiger partial charge is 0.240 e. The lowest BCUT2D eigenvalue weighted by Gasteiger charge is -2.07. The molecule has 70 valence electrons. The predicted molar refractivity (Wildman–Crippen MR) is 56.9 cm³/mol. The lowest BCUT2D eigenvalue weighted by atomic mass is 10.1. The Morgan fingerprint density at radius 2 is 2.15 bits per heavy atom. The molecule has 0 aliphatic carbocycles. The summed E-state index contributed by atoms with van der Waals surface area (Å²) in [4.78, 5) is 10.8. The number of amides is 1. The summed E-state index contributed by atoms with van der Waals surface area (Å²) in [5, 5.41) is -0.450. The molecule has 1 aromatic rings. The summed E-state index contributed by atoms with van der Waals surface area (Å²) in [6, 6.07) is 5.07. The van der Waals surface area contributed by atoms with Crippen molar-refractivity contribution in [1.29, 1.82) is 0 Å². The second kappa shape index (κ2) is 4.31. The van der Waals surface area contributed by atoms with Crippen LogP contribution in [-0.2, 0) is 4.79 Å². The van der Waals surface area contributed by atoms with Crippen molar-refractivity contribution in [3.8, 4) is 0 Å². The number of halogens is 3. The Morgan fingerprint density at radius 3 is 2.62 bits per heavy atom. The van der Waals surface area contributed by atoms with E-state index in [4.69, 9.17) is 28.9 Å². The summed E-state index contributed by atoms with van der Waals surface area (Å²) in [7, 11) is 0. The Morgan fingerprint density at radius 1 is 1.54 bits per heavy atom. The Labute approximate surface area is 94.1 Å². The van der Waals surface area contributed by atoms with Gasteiger partial charge >= 0.3 is 0 Å². The molecule has 2 N–H and O–H groups in total. The molecule has 1 atom stereocenters. The van der Waals surface area contributed by atoms with Crippen molar-refractivity contribution in [2.24, 2.45) is 5.73 Å². The largest absolute Gasteiger partial charge is 0.368 e. The molecule has 13 heavy (non-hydrogen) atoms. The number of nitrogens with two attached hydrogens (primary N) is 1. The zero-order valence-corrected chi connectivity index (χ0v) is 9.53. The van der Waals surface area contributed by atoms with E-state index in [-0.39, 0.29) is 0 Å². The topological polar surface area (TPSA) is 43.1 Å². The molecule has 0 aromatic heterocycles. The van der Waals surface area contributed by atoms with Gasteiger partial charge < -0.3 is 5.73 Å². The standard InChI is InChI=1S/C8H6BrCl2NO/c9-4-1-2-5(6(10)3-4)7(11)8(12)13/h1-3,7H,(H2,12,13). The van der Waals surface area contributed by atoms with Crippen molar-refractivity contribution < 1.29 is 4.79 Å². The molecular weight excluding hydrogens is 277 g/mol. The average molecular weight is 283 g/mol. The monoisotopic (exact) mass is 281 g/mol. The van der Waals surface area contributed by atoms with Crippen LogP contribution in [0.2, 0.25) is 5.02 Å². The van der Waals surface area contributed by atoms with Gasteiger partial charge in [-0.2, -0.15) is 0 Å². The van der Waals surface area contributed by atoms with Crippen molar-refractivity contribution in [3.05, 3.63) is 33.3 Å². The molecular formula is C8H6BrCl2NO. The molecule has 0 radical (unpaired) electrons. The molecule has 0 aliphatic rings. The minimum absolute atomic E-state index is 0.424. The van der Waals surface area contributed by atoms with E-state index in [9.17, 15) is 4.79 Å². The number of hydrogen-bond donors (Lipinski definition) is 1. The molecule has 0 saturated carbocycles. The molecule has 2 nitrogen and oxygen atoms in total. The zero-order valence-electron chi connectivity index (χ0n) is 6.43. The summed E-state index contributed by atoms with van der Waals surface area (Å²) in [5.74, 6) is -0.606. The number of alkyl halides is 1. The summed E-state index contributed by atoms with van der Waals surface area (Å²) in [6.07, 6.45) is 0. The molecule has 0 bridgehead atoms. The summed E-state index contributed by atoms with van der Waals surface area (Å²) in [5.41, 5.74) is 5.56. The van der Waals surface area contributed by atoms with E-state index in [0.29, 0.717) is 10.6 Å². The van der Waals surface area contributed by atoms with Crippen LogP contribution in [-0.4, -0.2) is 5.91 Å². The van der Waals surface area contributed by atoms with Crippen LogP contribution in [0.1, 0.15) is 10.9 Å². The van der Waals surface area contributed by atoms with Crippen molar-refractivity contribution >= 4 is 45.0 Å². The number of benzene rings is 1. The van der Waals surface area contributed by atoms with E-state index >= 15 is 0 Å². The number of carbonyl (C=O) groups excluding carboxylic acids is 1. The van der Waals surface area contributed by atoms with Gasteiger partial charge in [0, 0.05) is 9.50 Å². The van der Waals surface area contributed by atoms with Crippen molar-refractivity contribution in [2.45, 2.75) is 5.38 Å². The van der Waals surface area contributed by atoms with Gasteiger partial charge in [0.15, 0.2) is 0 Å². The van der Waals surface area contributed by atoms with Gasteiger partial charge in [0.1, 0.15) is 5.38 Å². The molecule has 5 heteroatoms. The Balaban J connectivity index is 3.08. The molecule has 0 fully saturated rings. The van der Waals surface area contributed by atoms with Crippen LogP contribution < -0.4 is 5.73 Å². The van der Waals surface area contributed by atoms with Gasteiger partial charge in [-0.1, -0.05) is 33.6 Å². The number of rotatable bonds is 2. The van der Waals surface area contributed by atoms with Gasteiger partial charge in [-0.3, -0.25) is 4.79 Å². The molecule has 1 aromatic carbocycles. The van der Waals surface area contributed by atoms with E-state index in [0.717, 1.165) is 4.47 Å². The molecule has 1 amide bonds. The summed E-state index contributed by atoms with van der Waals surface area (Å²) >= 11 is 14.8. The maximum atomic E-state index is 10.8. The van der Waals surface area contributed by atoms with E-state index in [1.165, 1.54) is 0 Å². The highest BCUT2D eigenvalue weighted by Gasteiger charge is 2.16. The normalized spacial score (nSPS) is 12.5. The Bertz CT molecular complexity index is 343. The van der Waals surface area contributed by atoms with Gasteiger partial charge in [0.25, 0.3) is 0 Å². The predicted octanol–water partition coefficient (Wildman–Crippen LogP) is 2.87. The van der Waals surface area contributed by atoms with Gasteiger partial charge in [0.05, 0.1) is 0 Å². The fourth-order valence-electron chi connectivity index (χ4n) is 0.860. The third-order valence-electron chi connectivity index (χ3n) is 1.49. The van der Waals surface area contributed by atoms with Crippen LogP contribution in [0.5, 0.6) is 0 Å². The molecule has 0 saturated heterocycles. The highest BCUT2D eigenvalue weighted by molar-refractivity contribution is 9.10. The minimum atomic E-state index is -0.874. The maximum absolute atomic E-state index is 10.8. The van der Waals surface area contributed by atoms with Crippen LogP contribution in [0.3, 0.4) is 0 Å². The van der Waals surface area contributed by atoms with Gasteiger partial charge in [0.2, 0.25) is 5.91 Å². The third-order valence-corrected chi connectivity index (χ3v) is 2.76. The second-order valence-electron chi connectivity index (χ2n) is 2.43. The first-order chi connectivity index (χ1) is 6.02. The first-order valence-electron chi connectivity index (χ1n) is 3.40. The van der Waals surface area contributed by atoms with Crippen molar-refractivity contribution in [1.82, 2.24) is 0 Å². The van der Waals surface area contributed by atoms with E-state index in [1.807, 2.05) is 0 Å². The first kappa shape index (κ1) is 10.8. The van der Waals surface area contributed by atoms with Crippen LogP contribution in [0.15, 0.2) is 22.7 Å². The van der Waals surface area contributed by atoms with Crippen LogP contribution in [0.4, 0.5) is 0 Å².